The van der Waals surface area contributed by atoms with Gasteiger partial charge in [-0.3, -0.25) is 9.69 Å². The van der Waals surface area contributed by atoms with Crippen LogP contribution >= 0.6 is 11.6 Å². The number of carboxylic acids is 1. The fraction of sp³-hybridized carbons (Fsp3) is 0.333. The normalized spacial score (nSPS) is 24.1. The highest BCUT2D eigenvalue weighted by molar-refractivity contribution is 6.30. The molecule has 1 N–H and O–H groups in total. The van der Waals surface area contributed by atoms with E-state index in [1.54, 1.807) is 31.2 Å². The number of carbonyl (C=O) groups is 2. The van der Waals surface area contributed by atoms with Crippen LogP contribution in [0.4, 0.5) is 5.69 Å². The molecule has 1 aromatic rings. The maximum Gasteiger partial charge on any atom is 0.326 e. The molecular formula is C12H12ClNO3. The van der Waals surface area contributed by atoms with Crippen LogP contribution in [0.5, 0.6) is 0 Å². The minimum absolute atomic E-state index is 0.153. The maximum absolute atomic E-state index is 11.9. The summed E-state index contributed by atoms with van der Waals surface area (Å²) < 4.78 is 0. The van der Waals surface area contributed by atoms with E-state index in [-0.39, 0.29) is 11.8 Å². The second kappa shape index (κ2) is 4.37. The molecule has 0 unspecified atom stereocenters. The zero-order chi connectivity index (χ0) is 12.6. The van der Waals surface area contributed by atoms with Crippen LogP contribution in [0.1, 0.15) is 13.3 Å². The monoisotopic (exact) mass is 253 g/mol. The lowest BCUT2D eigenvalue weighted by Gasteiger charge is -2.21. The second-order valence-corrected chi connectivity index (χ2v) is 4.61. The third-order valence-electron chi connectivity index (χ3n) is 2.94. The van der Waals surface area contributed by atoms with Crippen molar-refractivity contribution in [1.82, 2.24) is 0 Å². The third kappa shape index (κ3) is 2.13. The van der Waals surface area contributed by atoms with Gasteiger partial charge in [-0.05, 0) is 30.7 Å². The van der Waals surface area contributed by atoms with Crippen LogP contribution in [0.25, 0.3) is 0 Å². The van der Waals surface area contributed by atoms with Crippen molar-refractivity contribution in [3.8, 4) is 0 Å². The highest BCUT2D eigenvalue weighted by Gasteiger charge is 2.41. The van der Waals surface area contributed by atoms with Gasteiger partial charge in [0.2, 0.25) is 5.91 Å². The first-order valence-electron chi connectivity index (χ1n) is 5.32. The number of anilines is 1. The van der Waals surface area contributed by atoms with Crippen molar-refractivity contribution in [3.63, 3.8) is 0 Å². The van der Waals surface area contributed by atoms with Crippen molar-refractivity contribution < 1.29 is 14.7 Å². The molecular weight excluding hydrogens is 242 g/mol. The first-order valence-corrected chi connectivity index (χ1v) is 5.70. The Labute approximate surface area is 104 Å². The van der Waals surface area contributed by atoms with E-state index in [0.717, 1.165) is 0 Å². The second-order valence-electron chi connectivity index (χ2n) is 4.18. The Morgan fingerprint density at radius 3 is 2.53 bits per heavy atom. The van der Waals surface area contributed by atoms with E-state index in [4.69, 9.17) is 16.7 Å². The van der Waals surface area contributed by atoms with E-state index in [1.165, 1.54) is 4.90 Å². The van der Waals surface area contributed by atoms with Crippen LogP contribution in [0.2, 0.25) is 5.02 Å². The molecule has 1 aliphatic rings. The SMILES string of the molecule is C[C@H]1C[C@@H](C(=O)O)N(c2ccc(Cl)cc2)C1=O. The van der Waals surface area contributed by atoms with Gasteiger partial charge in [-0.15, -0.1) is 0 Å². The first kappa shape index (κ1) is 11.9. The van der Waals surface area contributed by atoms with Crippen LogP contribution in [-0.4, -0.2) is 23.0 Å². The molecule has 1 aliphatic heterocycles. The van der Waals surface area contributed by atoms with Crippen LogP contribution in [0.15, 0.2) is 24.3 Å². The van der Waals surface area contributed by atoms with E-state index in [9.17, 15) is 9.59 Å². The number of amides is 1. The van der Waals surface area contributed by atoms with Gasteiger partial charge < -0.3 is 5.11 Å². The van der Waals surface area contributed by atoms with Gasteiger partial charge in [0.25, 0.3) is 0 Å². The molecule has 2 atom stereocenters. The predicted octanol–water partition coefficient (Wildman–Crippen LogP) is 2.17. The third-order valence-corrected chi connectivity index (χ3v) is 3.19. The minimum Gasteiger partial charge on any atom is -0.480 e. The average molecular weight is 254 g/mol. The standard InChI is InChI=1S/C12H12ClNO3/c1-7-6-10(12(16)17)14(11(7)15)9-4-2-8(13)3-5-9/h2-5,7,10H,6H2,1H3,(H,16,17)/t7-,10-/m0/s1. The van der Waals surface area contributed by atoms with Crippen molar-refractivity contribution in [2.75, 3.05) is 4.90 Å². The highest BCUT2D eigenvalue weighted by atomic mass is 35.5. The fourth-order valence-electron chi connectivity index (χ4n) is 2.05. The summed E-state index contributed by atoms with van der Waals surface area (Å²) in [6.45, 7) is 1.74. The molecule has 1 heterocycles. The summed E-state index contributed by atoms with van der Waals surface area (Å²) in [5.74, 6) is -1.39. The molecule has 17 heavy (non-hydrogen) atoms. The zero-order valence-electron chi connectivity index (χ0n) is 9.26. The number of rotatable bonds is 2. The summed E-state index contributed by atoms with van der Waals surface area (Å²) in [6, 6.07) is 5.83. The summed E-state index contributed by atoms with van der Waals surface area (Å²) in [5.41, 5.74) is 0.580. The van der Waals surface area contributed by atoms with E-state index in [1.807, 2.05) is 0 Å². The van der Waals surface area contributed by atoms with Gasteiger partial charge in [0.15, 0.2) is 0 Å². The number of hydrogen-bond donors (Lipinski definition) is 1. The van der Waals surface area contributed by atoms with Crippen molar-refractivity contribution in [3.05, 3.63) is 29.3 Å². The van der Waals surface area contributed by atoms with Gasteiger partial charge in [0.05, 0.1) is 0 Å². The van der Waals surface area contributed by atoms with Crippen LogP contribution in [-0.2, 0) is 9.59 Å². The first-order chi connectivity index (χ1) is 8.00. The molecule has 0 saturated carbocycles. The molecule has 1 aromatic carbocycles. The Bertz CT molecular complexity index is 457. The molecule has 4 nitrogen and oxygen atoms in total. The average Bonchev–Trinajstić information content (AvgIpc) is 2.57. The van der Waals surface area contributed by atoms with E-state index in [0.29, 0.717) is 17.1 Å². The van der Waals surface area contributed by atoms with Crippen LogP contribution in [0.3, 0.4) is 0 Å². The summed E-state index contributed by atoms with van der Waals surface area (Å²) in [7, 11) is 0. The number of carbonyl (C=O) groups excluding carboxylic acids is 1. The lowest BCUT2D eigenvalue weighted by Crippen LogP contribution is -2.38. The zero-order valence-corrected chi connectivity index (χ0v) is 10.0. The van der Waals surface area contributed by atoms with E-state index >= 15 is 0 Å². The fourth-order valence-corrected chi connectivity index (χ4v) is 2.18. The molecule has 0 radical (unpaired) electrons. The summed E-state index contributed by atoms with van der Waals surface area (Å²) in [6.07, 6.45) is 0.344. The lowest BCUT2D eigenvalue weighted by atomic mass is 10.1. The lowest BCUT2D eigenvalue weighted by molar-refractivity contribution is -0.138. The molecule has 90 valence electrons. The topological polar surface area (TPSA) is 57.6 Å². The van der Waals surface area contributed by atoms with Gasteiger partial charge in [-0.25, -0.2) is 4.79 Å². The number of hydrogen-bond acceptors (Lipinski definition) is 2. The van der Waals surface area contributed by atoms with E-state index in [2.05, 4.69) is 0 Å². The van der Waals surface area contributed by atoms with Gasteiger partial charge in [0.1, 0.15) is 6.04 Å². The molecule has 1 fully saturated rings. The molecule has 0 aromatic heterocycles. The molecule has 5 heteroatoms. The van der Waals surface area contributed by atoms with Crippen molar-refractivity contribution in [1.29, 1.82) is 0 Å². The quantitative estimate of drug-likeness (QED) is 0.879. The van der Waals surface area contributed by atoms with Crippen molar-refractivity contribution >= 4 is 29.2 Å². The highest BCUT2D eigenvalue weighted by Crippen LogP contribution is 2.31. The van der Waals surface area contributed by atoms with Gasteiger partial charge >= 0.3 is 5.97 Å². The number of aliphatic carboxylic acids is 1. The smallest absolute Gasteiger partial charge is 0.326 e. The molecule has 1 saturated heterocycles. The predicted molar refractivity (Wildman–Crippen MR) is 64.1 cm³/mol. The Balaban J connectivity index is 2.37. The molecule has 1 amide bonds. The molecule has 0 spiro atoms. The number of carboxylic acid groups (broad SMARTS) is 1. The van der Waals surface area contributed by atoms with Crippen molar-refractivity contribution in [2.45, 2.75) is 19.4 Å². The molecule has 2 rings (SSSR count). The van der Waals surface area contributed by atoms with Crippen LogP contribution < -0.4 is 4.90 Å². The number of nitrogens with zero attached hydrogens (tertiary/aromatic N) is 1. The van der Waals surface area contributed by atoms with E-state index < -0.39 is 12.0 Å². The summed E-state index contributed by atoms with van der Waals surface area (Å²) in [4.78, 5) is 24.4. The minimum atomic E-state index is -0.974. The maximum atomic E-state index is 11.9. The van der Waals surface area contributed by atoms with Gasteiger partial charge in [0, 0.05) is 16.6 Å². The van der Waals surface area contributed by atoms with Gasteiger partial charge in [-0.1, -0.05) is 18.5 Å². The van der Waals surface area contributed by atoms with Crippen molar-refractivity contribution in [2.24, 2.45) is 5.92 Å². The number of benzene rings is 1. The number of halogens is 1. The summed E-state index contributed by atoms with van der Waals surface area (Å²) in [5, 5.41) is 9.67. The molecule has 0 aliphatic carbocycles. The van der Waals surface area contributed by atoms with Crippen LogP contribution in [0, 0.1) is 5.92 Å². The Morgan fingerprint density at radius 1 is 1.41 bits per heavy atom. The Kier molecular flexibility index (Phi) is 3.07. The van der Waals surface area contributed by atoms with Gasteiger partial charge in [-0.2, -0.15) is 0 Å². The molecule has 0 bridgehead atoms. The Hall–Kier alpha value is -1.55. The Morgan fingerprint density at radius 2 is 2.00 bits per heavy atom. The largest absolute Gasteiger partial charge is 0.480 e. The summed E-state index contributed by atoms with van der Waals surface area (Å²) >= 11 is 5.76.